The molecule has 0 aliphatic carbocycles. The Morgan fingerprint density at radius 1 is 0.828 bits per heavy atom. The molecule has 0 saturated heterocycles. The Morgan fingerprint density at radius 2 is 1.38 bits per heavy atom. The molecule has 0 aromatic heterocycles. The van der Waals surface area contributed by atoms with Crippen LogP contribution in [0.25, 0.3) is 0 Å². The fourth-order valence-corrected chi connectivity index (χ4v) is 5.16. The minimum atomic E-state index is -4.13. The van der Waals surface area contributed by atoms with Gasteiger partial charge in [-0.3, -0.25) is 9.69 Å². The number of aliphatic hydroxyl groups excluding tert-OH is 1. The molecule has 5 nitrogen and oxygen atoms in total. The molecule has 0 fully saturated rings. The van der Waals surface area contributed by atoms with Gasteiger partial charge >= 0.3 is 0 Å². The lowest BCUT2D eigenvalue weighted by molar-refractivity contribution is -0.117. The molecule has 1 amide bonds. The molecule has 0 radical (unpaired) electrons. The third-order valence-electron chi connectivity index (χ3n) is 4.72. The van der Waals surface area contributed by atoms with Gasteiger partial charge in [0.1, 0.15) is 10.9 Å². The summed E-state index contributed by atoms with van der Waals surface area (Å²) >= 11 is 5.96. The van der Waals surface area contributed by atoms with Crippen molar-refractivity contribution in [3.63, 3.8) is 0 Å². The molecular formula is C22H16ClNO4S. The number of amides is 1. The van der Waals surface area contributed by atoms with E-state index in [0.717, 1.165) is 0 Å². The van der Waals surface area contributed by atoms with E-state index in [1.165, 1.54) is 17.0 Å². The lowest BCUT2D eigenvalue weighted by Gasteiger charge is -2.27. The maximum absolute atomic E-state index is 13.4. The molecule has 3 aromatic rings. The standard InChI is InChI=1S/C22H16ClNO4S/c23-16-11-13-17(14-12-16)24-19(15-7-3-1-4-8-15)21(20(25)22(24)26)29(27,28)18-9-5-2-6-10-18/h1-14,19,25H/t19-/m1/s1. The summed E-state index contributed by atoms with van der Waals surface area (Å²) in [4.78, 5) is 13.9. The van der Waals surface area contributed by atoms with Gasteiger partial charge < -0.3 is 5.11 Å². The fraction of sp³-hybridized carbons (Fsp3) is 0.0455. The first kappa shape index (κ1) is 19.2. The summed E-state index contributed by atoms with van der Waals surface area (Å²) in [6, 6.07) is 21.9. The summed E-state index contributed by atoms with van der Waals surface area (Å²) in [5, 5.41) is 11.1. The van der Waals surface area contributed by atoms with Crippen molar-refractivity contribution in [1.82, 2.24) is 0 Å². The Balaban J connectivity index is 1.94. The number of carbonyl (C=O) groups is 1. The van der Waals surface area contributed by atoms with E-state index in [0.29, 0.717) is 16.3 Å². The summed E-state index contributed by atoms with van der Waals surface area (Å²) in [6.45, 7) is 0. The maximum Gasteiger partial charge on any atom is 0.295 e. The number of rotatable bonds is 4. The Labute approximate surface area is 173 Å². The lowest BCUT2D eigenvalue weighted by atomic mass is 10.1. The van der Waals surface area contributed by atoms with Crippen LogP contribution in [0.5, 0.6) is 0 Å². The molecule has 4 rings (SSSR count). The maximum atomic E-state index is 13.4. The third kappa shape index (κ3) is 3.30. The first-order chi connectivity index (χ1) is 13.9. The molecule has 1 aliphatic heterocycles. The average Bonchev–Trinajstić information content (AvgIpc) is 3.01. The molecule has 1 atom stereocenters. The number of hydrogen-bond acceptors (Lipinski definition) is 4. The molecule has 29 heavy (non-hydrogen) atoms. The molecule has 1 N–H and O–H groups in total. The van der Waals surface area contributed by atoms with Gasteiger partial charge in [-0.1, -0.05) is 60.1 Å². The second kappa shape index (κ2) is 7.39. The largest absolute Gasteiger partial charge is 0.502 e. The van der Waals surface area contributed by atoms with Crippen LogP contribution < -0.4 is 4.90 Å². The molecule has 3 aromatic carbocycles. The van der Waals surface area contributed by atoms with E-state index in [9.17, 15) is 18.3 Å². The number of nitrogens with zero attached hydrogens (tertiary/aromatic N) is 1. The van der Waals surface area contributed by atoms with Gasteiger partial charge in [0.2, 0.25) is 9.84 Å². The van der Waals surface area contributed by atoms with Crippen molar-refractivity contribution in [2.45, 2.75) is 10.9 Å². The van der Waals surface area contributed by atoms with E-state index < -0.39 is 27.5 Å². The second-order valence-corrected chi connectivity index (χ2v) is 8.85. The molecule has 7 heteroatoms. The molecule has 0 spiro atoms. The highest BCUT2D eigenvalue weighted by Crippen LogP contribution is 2.44. The quantitative estimate of drug-likeness (QED) is 0.659. The minimum Gasteiger partial charge on any atom is -0.502 e. The summed E-state index contributed by atoms with van der Waals surface area (Å²) < 4.78 is 26.8. The van der Waals surface area contributed by atoms with Gasteiger partial charge in [-0.25, -0.2) is 8.42 Å². The van der Waals surface area contributed by atoms with E-state index in [-0.39, 0.29) is 9.80 Å². The van der Waals surface area contributed by atoms with Crippen LogP contribution in [-0.2, 0) is 14.6 Å². The van der Waals surface area contributed by atoms with E-state index in [2.05, 4.69) is 0 Å². The van der Waals surface area contributed by atoms with E-state index in [1.54, 1.807) is 72.8 Å². The molecule has 0 unspecified atom stereocenters. The second-order valence-electron chi connectivity index (χ2n) is 6.49. The Bertz CT molecular complexity index is 1190. The van der Waals surface area contributed by atoms with Crippen LogP contribution in [0, 0.1) is 0 Å². The smallest absolute Gasteiger partial charge is 0.295 e. The van der Waals surface area contributed by atoms with Crippen molar-refractivity contribution in [1.29, 1.82) is 0 Å². The Hall–Kier alpha value is -3.09. The monoisotopic (exact) mass is 425 g/mol. The SMILES string of the molecule is O=C1C(O)=C(S(=O)(=O)c2ccccc2)[C@@H](c2ccccc2)N1c1ccc(Cl)cc1. The van der Waals surface area contributed by atoms with Crippen LogP contribution >= 0.6 is 11.6 Å². The molecule has 0 saturated carbocycles. The molecule has 1 aliphatic rings. The number of anilines is 1. The van der Waals surface area contributed by atoms with Gasteiger partial charge in [0.15, 0.2) is 5.76 Å². The molecule has 0 bridgehead atoms. The van der Waals surface area contributed by atoms with E-state index in [1.807, 2.05) is 0 Å². The predicted molar refractivity (Wildman–Crippen MR) is 111 cm³/mol. The highest BCUT2D eigenvalue weighted by Gasteiger charge is 2.47. The zero-order valence-electron chi connectivity index (χ0n) is 15.1. The molecular weight excluding hydrogens is 410 g/mol. The van der Waals surface area contributed by atoms with E-state index >= 15 is 0 Å². The van der Waals surface area contributed by atoms with Crippen LogP contribution in [0.15, 0.2) is 100 Å². The molecule has 1 heterocycles. The van der Waals surface area contributed by atoms with Gasteiger partial charge in [-0.15, -0.1) is 0 Å². The Morgan fingerprint density at radius 3 is 1.97 bits per heavy atom. The number of halogens is 1. The van der Waals surface area contributed by atoms with Crippen molar-refractivity contribution >= 4 is 33.0 Å². The van der Waals surface area contributed by atoms with Crippen molar-refractivity contribution in [2.75, 3.05) is 4.90 Å². The van der Waals surface area contributed by atoms with Gasteiger partial charge in [0.05, 0.1) is 4.90 Å². The Kier molecular flexibility index (Phi) is 4.90. The van der Waals surface area contributed by atoms with Gasteiger partial charge in [0, 0.05) is 10.7 Å². The van der Waals surface area contributed by atoms with Crippen LogP contribution in [0.2, 0.25) is 5.02 Å². The number of hydrogen-bond donors (Lipinski definition) is 1. The normalized spacial score (nSPS) is 17.1. The van der Waals surface area contributed by atoms with Gasteiger partial charge in [0.25, 0.3) is 5.91 Å². The first-order valence-electron chi connectivity index (χ1n) is 8.78. The van der Waals surface area contributed by atoms with Gasteiger partial charge in [-0.2, -0.15) is 0 Å². The zero-order valence-corrected chi connectivity index (χ0v) is 16.6. The molecule has 146 valence electrons. The third-order valence-corrected chi connectivity index (χ3v) is 6.86. The highest BCUT2D eigenvalue weighted by atomic mass is 35.5. The van der Waals surface area contributed by atoms with E-state index in [4.69, 9.17) is 11.6 Å². The van der Waals surface area contributed by atoms with Crippen LogP contribution in [0.1, 0.15) is 11.6 Å². The minimum absolute atomic E-state index is 0.00763. The van der Waals surface area contributed by atoms with Crippen molar-refractivity contribution < 1.29 is 18.3 Å². The van der Waals surface area contributed by atoms with Crippen molar-refractivity contribution in [3.05, 3.63) is 106 Å². The average molecular weight is 426 g/mol. The van der Waals surface area contributed by atoms with Crippen molar-refractivity contribution in [3.8, 4) is 0 Å². The summed E-state index contributed by atoms with van der Waals surface area (Å²) in [6.07, 6.45) is 0. The number of carbonyl (C=O) groups excluding carboxylic acids is 1. The lowest BCUT2D eigenvalue weighted by Crippen LogP contribution is -2.31. The summed E-state index contributed by atoms with van der Waals surface area (Å²) in [5.74, 6) is -1.56. The van der Waals surface area contributed by atoms with Crippen molar-refractivity contribution in [2.24, 2.45) is 0 Å². The highest BCUT2D eigenvalue weighted by molar-refractivity contribution is 7.95. The first-order valence-corrected chi connectivity index (χ1v) is 10.6. The van der Waals surface area contributed by atoms with Crippen LogP contribution in [-0.4, -0.2) is 19.4 Å². The summed E-state index contributed by atoms with van der Waals surface area (Å²) in [5.41, 5.74) is 0.993. The van der Waals surface area contributed by atoms with Crippen LogP contribution in [0.3, 0.4) is 0 Å². The number of benzene rings is 3. The summed E-state index contributed by atoms with van der Waals surface area (Å²) in [7, 11) is -4.13. The van der Waals surface area contributed by atoms with Crippen LogP contribution in [0.4, 0.5) is 5.69 Å². The number of sulfone groups is 1. The number of aliphatic hydroxyl groups is 1. The fourth-order valence-electron chi connectivity index (χ4n) is 3.39. The topological polar surface area (TPSA) is 74.7 Å². The predicted octanol–water partition coefficient (Wildman–Crippen LogP) is 4.67. The van der Waals surface area contributed by atoms with Gasteiger partial charge in [-0.05, 0) is 42.0 Å². The zero-order chi connectivity index (χ0) is 20.6.